The van der Waals surface area contributed by atoms with Crippen LogP contribution in [0.4, 0.5) is 0 Å². The topological polar surface area (TPSA) is 35.2 Å². The molecule has 0 saturated heterocycles. The molecule has 0 atom stereocenters. The number of ether oxygens (including phenoxy) is 1. The van der Waals surface area contributed by atoms with Gasteiger partial charge in [-0.05, 0) is 49.1 Å². The molecule has 2 aromatic carbocycles. The highest BCUT2D eigenvalue weighted by Gasteiger charge is 2.07. The minimum Gasteiger partial charge on any atom is -0.488 e. The van der Waals surface area contributed by atoms with Crippen molar-refractivity contribution in [2.24, 2.45) is 5.73 Å². The van der Waals surface area contributed by atoms with Crippen molar-refractivity contribution in [3.05, 3.63) is 64.2 Å². The summed E-state index contributed by atoms with van der Waals surface area (Å²) in [6, 6.07) is 12.1. The second-order valence-electron chi connectivity index (χ2n) is 5.01. The van der Waals surface area contributed by atoms with Gasteiger partial charge in [-0.15, -0.1) is 0 Å². The van der Waals surface area contributed by atoms with Crippen LogP contribution >= 0.6 is 12.2 Å². The second-order valence-corrected chi connectivity index (χ2v) is 5.45. The van der Waals surface area contributed by atoms with Gasteiger partial charge in [0.2, 0.25) is 0 Å². The summed E-state index contributed by atoms with van der Waals surface area (Å²) in [6.07, 6.45) is 0. The van der Waals surface area contributed by atoms with E-state index in [2.05, 4.69) is 32.9 Å². The molecule has 0 aliphatic rings. The van der Waals surface area contributed by atoms with Crippen LogP contribution in [0.5, 0.6) is 5.75 Å². The lowest BCUT2D eigenvalue weighted by Gasteiger charge is -2.14. The Hall–Kier alpha value is -1.87. The number of thiocarbonyl (C=S) groups is 1. The van der Waals surface area contributed by atoms with Gasteiger partial charge in [-0.2, -0.15) is 0 Å². The summed E-state index contributed by atoms with van der Waals surface area (Å²) in [4.78, 5) is 0.412. The summed E-state index contributed by atoms with van der Waals surface area (Å²) in [5.41, 5.74) is 11.2. The third-order valence-corrected chi connectivity index (χ3v) is 3.70. The van der Waals surface area contributed by atoms with Crippen LogP contribution in [0.2, 0.25) is 0 Å². The van der Waals surface area contributed by atoms with Gasteiger partial charge in [0.25, 0.3) is 0 Å². The first-order valence-corrected chi connectivity index (χ1v) is 6.98. The minimum atomic E-state index is 0.412. The van der Waals surface area contributed by atoms with Crippen molar-refractivity contribution in [2.75, 3.05) is 0 Å². The molecule has 2 aromatic rings. The van der Waals surface area contributed by atoms with Crippen LogP contribution in [0.25, 0.3) is 0 Å². The largest absolute Gasteiger partial charge is 0.488 e. The van der Waals surface area contributed by atoms with E-state index in [1.54, 1.807) is 0 Å². The van der Waals surface area contributed by atoms with E-state index < -0.39 is 0 Å². The summed E-state index contributed by atoms with van der Waals surface area (Å²) >= 11 is 4.99. The van der Waals surface area contributed by atoms with Gasteiger partial charge in [0.15, 0.2) is 0 Å². The Labute approximate surface area is 125 Å². The third-order valence-electron chi connectivity index (χ3n) is 3.47. The highest BCUT2D eigenvalue weighted by molar-refractivity contribution is 7.80. The van der Waals surface area contributed by atoms with E-state index in [-0.39, 0.29) is 0 Å². The molecule has 2 rings (SSSR count). The summed E-state index contributed by atoms with van der Waals surface area (Å²) < 4.78 is 5.99. The lowest BCUT2D eigenvalue weighted by atomic mass is 10.1. The quantitative estimate of drug-likeness (QED) is 0.867. The maximum atomic E-state index is 5.99. The second kappa shape index (κ2) is 6.06. The van der Waals surface area contributed by atoms with Gasteiger partial charge < -0.3 is 10.5 Å². The zero-order chi connectivity index (χ0) is 14.7. The molecular weight excluding hydrogens is 266 g/mol. The van der Waals surface area contributed by atoms with Crippen LogP contribution < -0.4 is 10.5 Å². The molecule has 0 radical (unpaired) electrons. The first-order valence-electron chi connectivity index (χ1n) is 6.57. The molecule has 0 unspecified atom stereocenters. The molecule has 2 N–H and O–H groups in total. The molecule has 0 saturated carbocycles. The molecule has 0 bridgehead atoms. The number of rotatable bonds is 4. The Morgan fingerprint density at radius 3 is 2.50 bits per heavy atom. The van der Waals surface area contributed by atoms with Crippen LogP contribution in [0.1, 0.15) is 27.8 Å². The van der Waals surface area contributed by atoms with Crippen molar-refractivity contribution in [1.82, 2.24) is 0 Å². The SMILES string of the molecule is Cc1ccc(C)c(OCc2cccc(C(N)=S)c2)c1C. The molecule has 104 valence electrons. The lowest BCUT2D eigenvalue weighted by Crippen LogP contribution is -2.10. The van der Waals surface area contributed by atoms with Gasteiger partial charge in [0.1, 0.15) is 17.3 Å². The Balaban J connectivity index is 2.19. The van der Waals surface area contributed by atoms with Crippen LogP contribution in [-0.4, -0.2) is 4.99 Å². The van der Waals surface area contributed by atoms with Gasteiger partial charge in [0.05, 0.1) is 0 Å². The van der Waals surface area contributed by atoms with Crippen LogP contribution in [0, 0.1) is 20.8 Å². The van der Waals surface area contributed by atoms with E-state index in [1.807, 2.05) is 24.3 Å². The van der Waals surface area contributed by atoms with E-state index in [9.17, 15) is 0 Å². The highest BCUT2D eigenvalue weighted by Crippen LogP contribution is 2.26. The number of benzene rings is 2. The average molecular weight is 285 g/mol. The van der Waals surface area contributed by atoms with Crippen LogP contribution in [0.15, 0.2) is 36.4 Å². The first kappa shape index (κ1) is 14.5. The van der Waals surface area contributed by atoms with E-state index in [0.29, 0.717) is 11.6 Å². The number of nitrogens with two attached hydrogens (primary N) is 1. The molecule has 0 fully saturated rings. The maximum Gasteiger partial charge on any atom is 0.125 e. The summed E-state index contributed by atoms with van der Waals surface area (Å²) in [5, 5.41) is 0. The van der Waals surface area contributed by atoms with E-state index in [4.69, 9.17) is 22.7 Å². The number of hydrogen-bond donors (Lipinski definition) is 1. The predicted molar refractivity (Wildman–Crippen MR) is 87.3 cm³/mol. The fourth-order valence-electron chi connectivity index (χ4n) is 2.12. The molecule has 2 nitrogen and oxygen atoms in total. The molecular formula is C17H19NOS. The van der Waals surface area contributed by atoms with E-state index in [1.165, 1.54) is 11.1 Å². The van der Waals surface area contributed by atoms with Crippen molar-refractivity contribution in [3.63, 3.8) is 0 Å². The van der Waals surface area contributed by atoms with Crippen LogP contribution in [-0.2, 0) is 6.61 Å². The van der Waals surface area contributed by atoms with Crippen molar-refractivity contribution in [2.45, 2.75) is 27.4 Å². The molecule has 3 heteroatoms. The highest BCUT2D eigenvalue weighted by atomic mass is 32.1. The third kappa shape index (κ3) is 3.17. The zero-order valence-electron chi connectivity index (χ0n) is 12.1. The van der Waals surface area contributed by atoms with E-state index >= 15 is 0 Å². The van der Waals surface area contributed by atoms with E-state index in [0.717, 1.165) is 22.4 Å². The normalized spacial score (nSPS) is 10.3. The monoisotopic (exact) mass is 285 g/mol. The molecule has 0 aliphatic carbocycles. The molecule has 0 spiro atoms. The summed E-state index contributed by atoms with van der Waals surface area (Å²) in [5.74, 6) is 0.964. The smallest absolute Gasteiger partial charge is 0.125 e. The first-order chi connectivity index (χ1) is 9.49. The molecule has 0 aliphatic heterocycles. The van der Waals surface area contributed by atoms with Gasteiger partial charge in [0, 0.05) is 5.56 Å². The number of aryl methyl sites for hydroxylation is 2. The average Bonchev–Trinajstić information content (AvgIpc) is 2.43. The fourth-order valence-corrected chi connectivity index (χ4v) is 2.24. The molecule has 20 heavy (non-hydrogen) atoms. The lowest BCUT2D eigenvalue weighted by molar-refractivity contribution is 0.301. The standard InChI is InChI=1S/C17H19NOS/c1-11-7-8-12(2)16(13(11)3)19-10-14-5-4-6-15(9-14)17(18)20/h4-9H,10H2,1-3H3,(H2,18,20). The molecule has 0 amide bonds. The summed E-state index contributed by atoms with van der Waals surface area (Å²) in [7, 11) is 0. The van der Waals surface area contributed by atoms with Crippen molar-refractivity contribution < 1.29 is 4.74 Å². The number of hydrogen-bond acceptors (Lipinski definition) is 2. The molecule has 0 aromatic heterocycles. The molecule has 0 heterocycles. The predicted octanol–water partition coefficient (Wildman–Crippen LogP) is 3.83. The van der Waals surface area contributed by atoms with Gasteiger partial charge in [-0.1, -0.05) is 42.5 Å². The van der Waals surface area contributed by atoms with Gasteiger partial charge >= 0.3 is 0 Å². The van der Waals surface area contributed by atoms with Gasteiger partial charge in [-0.25, -0.2) is 0 Å². The summed E-state index contributed by atoms with van der Waals surface area (Å²) in [6.45, 7) is 6.76. The van der Waals surface area contributed by atoms with Crippen LogP contribution in [0.3, 0.4) is 0 Å². The minimum absolute atomic E-state index is 0.412. The van der Waals surface area contributed by atoms with Crippen molar-refractivity contribution in [1.29, 1.82) is 0 Å². The fraction of sp³-hybridized carbons (Fsp3) is 0.235. The van der Waals surface area contributed by atoms with Gasteiger partial charge in [-0.3, -0.25) is 0 Å². The van der Waals surface area contributed by atoms with Crippen molar-refractivity contribution in [3.8, 4) is 5.75 Å². The Bertz CT molecular complexity index is 649. The van der Waals surface area contributed by atoms with Crippen molar-refractivity contribution >= 4 is 17.2 Å². The maximum absolute atomic E-state index is 5.99. The Morgan fingerprint density at radius 2 is 1.80 bits per heavy atom. The Kier molecular flexibility index (Phi) is 4.40. The Morgan fingerprint density at radius 1 is 1.10 bits per heavy atom. The zero-order valence-corrected chi connectivity index (χ0v) is 12.9.